The Morgan fingerprint density at radius 1 is 1.14 bits per heavy atom. The van der Waals surface area contributed by atoms with Gasteiger partial charge >= 0.3 is 0 Å². The molecule has 1 spiro atoms. The molecule has 6 rings (SSSR count). The zero-order chi connectivity index (χ0) is 30.6. The number of anilines is 1. The molecule has 3 saturated heterocycles. The number of nitrogens with zero attached hydrogens (tertiary/aromatic N) is 5. The van der Waals surface area contributed by atoms with Gasteiger partial charge in [0.1, 0.15) is 23.8 Å². The number of nitrogens with two attached hydrogens (primary N) is 1. The molecule has 3 aliphatic heterocycles. The summed E-state index contributed by atoms with van der Waals surface area (Å²) in [6, 6.07) is 10.2. The van der Waals surface area contributed by atoms with Crippen LogP contribution in [0, 0.1) is 11.7 Å². The number of likely N-dealkylation sites (tertiary alicyclic amines) is 2. The first-order valence-corrected chi connectivity index (χ1v) is 15.1. The van der Waals surface area contributed by atoms with Gasteiger partial charge in [-0.1, -0.05) is 19.1 Å². The zero-order valence-corrected chi connectivity index (χ0v) is 24.9. The molecular weight excluding hydrogens is 561 g/mol. The Balaban J connectivity index is 1.19. The van der Waals surface area contributed by atoms with Crippen LogP contribution < -0.4 is 5.73 Å². The number of aliphatic hydroxyl groups is 1. The third kappa shape index (κ3) is 6.26. The van der Waals surface area contributed by atoms with Crippen LogP contribution in [0.5, 0.6) is 0 Å². The molecule has 3 N–H and O–H groups in total. The lowest BCUT2D eigenvalue weighted by atomic mass is 9.83. The van der Waals surface area contributed by atoms with Gasteiger partial charge in [0.05, 0.1) is 24.4 Å². The Kier molecular flexibility index (Phi) is 7.95. The third-order valence-electron chi connectivity index (χ3n) is 9.41. The van der Waals surface area contributed by atoms with Crippen molar-refractivity contribution >= 4 is 11.3 Å². The summed E-state index contributed by atoms with van der Waals surface area (Å²) < 4.78 is 58.0. The Morgan fingerprint density at radius 3 is 2.56 bits per heavy atom. The summed E-state index contributed by atoms with van der Waals surface area (Å²) >= 11 is 0. The number of fused-ring (bicyclic) bond motifs is 1. The Hall–Kier alpha value is -2.77. The first kappa shape index (κ1) is 30.3. The van der Waals surface area contributed by atoms with E-state index in [1.165, 1.54) is 18.5 Å². The van der Waals surface area contributed by atoms with Gasteiger partial charge in [-0.05, 0) is 76.0 Å². The summed E-state index contributed by atoms with van der Waals surface area (Å²) in [7, 11) is 0. The molecule has 3 aliphatic rings. The lowest BCUT2D eigenvalue weighted by Crippen LogP contribution is -2.55. The second-order valence-corrected chi connectivity index (χ2v) is 13.0. The number of aromatic nitrogens is 3. The van der Waals surface area contributed by atoms with Crippen molar-refractivity contribution in [3.63, 3.8) is 0 Å². The van der Waals surface area contributed by atoms with Crippen LogP contribution in [0.4, 0.5) is 19.0 Å². The van der Waals surface area contributed by atoms with Crippen molar-refractivity contribution in [2.75, 3.05) is 38.5 Å². The van der Waals surface area contributed by atoms with E-state index in [1.807, 2.05) is 24.0 Å². The summed E-state index contributed by atoms with van der Waals surface area (Å²) in [4.78, 5) is 8.29. The van der Waals surface area contributed by atoms with E-state index >= 15 is 8.78 Å². The van der Waals surface area contributed by atoms with E-state index in [0.717, 1.165) is 24.2 Å². The van der Waals surface area contributed by atoms with Crippen LogP contribution in [0.15, 0.2) is 42.7 Å². The van der Waals surface area contributed by atoms with E-state index in [2.05, 4.69) is 15.0 Å². The maximum absolute atomic E-state index is 15.1. The summed E-state index contributed by atoms with van der Waals surface area (Å²) in [5.41, 5.74) is 7.88. The predicted octanol–water partition coefficient (Wildman–Crippen LogP) is 4.06. The fourth-order valence-corrected chi connectivity index (χ4v) is 7.29. The van der Waals surface area contributed by atoms with E-state index in [0.29, 0.717) is 37.3 Å². The minimum Gasteiger partial charge on any atom is -0.382 e. The normalized spacial score (nSPS) is 27.9. The van der Waals surface area contributed by atoms with Crippen molar-refractivity contribution in [2.45, 2.75) is 82.0 Å². The quantitative estimate of drug-likeness (QED) is 0.373. The van der Waals surface area contributed by atoms with Gasteiger partial charge in [-0.25, -0.2) is 22.7 Å². The molecule has 12 heteroatoms. The van der Waals surface area contributed by atoms with Gasteiger partial charge in [0.15, 0.2) is 11.6 Å². The number of rotatable bonds is 8. The molecule has 43 heavy (non-hydrogen) atoms. The lowest BCUT2D eigenvalue weighted by molar-refractivity contribution is -0.222. The maximum atomic E-state index is 15.1. The summed E-state index contributed by atoms with van der Waals surface area (Å²) in [5.74, 6) is -4.37. The molecule has 0 saturated carbocycles. The molecule has 3 fully saturated rings. The zero-order valence-electron chi connectivity index (χ0n) is 24.9. The van der Waals surface area contributed by atoms with Crippen LogP contribution in [-0.4, -0.2) is 91.7 Å². The topological polar surface area (TPSA) is 101 Å². The fraction of sp³-hybridized carbons (Fsp3) is 0.613. The highest BCUT2D eigenvalue weighted by molar-refractivity contribution is 5.65. The Morgan fingerprint density at radius 2 is 1.86 bits per heavy atom. The predicted molar refractivity (Wildman–Crippen MR) is 155 cm³/mol. The molecular formula is C31H41F3N6O3. The van der Waals surface area contributed by atoms with Crippen LogP contribution in [0.2, 0.25) is 0 Å². The van der Waals surface area contributed by atoms with Crippen molar-refractivity contribution in [3.05, 3.63) is 59.8 Å². The molecule has 0 aliphatic carbocycles. The van der Waals surface area contributed by atoms with Crippen molar-refractivity contribution in [1.29, 1.82) is 0 Å². The van der Waals surface area contributed by atoms with Crippen molar-refractivity contribution < 1.29 is 27.8 Å². The highest BCUT2D eigenvalue weighted by atomic mass is 19.3. The van der Waals surface area contributed by atoms with Crippen molar-refractivity contribution in [2.24, 2.45) is 5.92 Å². The standard InChI is InChI=1S/C31H41F3N6O3/c1-20-26(23-8-9-24-28(35)36-19-37-40(23)24)42-25(27(20)43-29(2,3)41)16-39-18-31(33,34)17-30(39)11-14-38(15-12-30)13-10-21-4-6-22(32)7-5-21/h4-9,19-20,25-27,41H,10-18H2,1-3H3,(H2,35,36,37)/t20-,25+,26+,27-/m0/s1. The van der Waals surface area contributed by atoms with Gasteiger partial charge < -0.3 is 25.2 Å². The van der Waals surface area contributed by atoms with Crippen molar-refractivity contribution in [1.82, 2.24) is 24.4 Å². The summed E-state index contributed by atoms with van der Waals surface area (Å²) in [5, 5.41) is 15.0. The van der Waals surface area contributed by atoms with Gasteiger partial charge in [0.25, 0.3) is 5.92 Å². The molecule has 0 amide bonds. The van der Waals surface area contributed by atoms with Crippen LogP contribution in [0.25, 0.3) is 5.52 Å². The second kappa shape index (κ2) is 11.3. The Bertz CT molecular complexity index is 1420. The number of piperidine rings is 1. The largest absolute Gasteiger partial charge is 0.382 e. The molecule has 2 aromatic heterocycles. The van der Waals surface area contributed by atoms with Crippen LogP contribution >= 0.6 is 0 Å². The second-order valence-electron chi connectivity index (χ2n) is 13.0. The molecule has 0 bridgehead atoms. The number of nitrogen functional groups attached to an aromatic ring is 1. The van der Waals surface area contributed by atoms with Gasteiger partial charge in [0.2, 0.25) is 0 Å². The number of benzene rings is 1. The van der Waals surface area contributed by atoms with E-state index in [1.54, 1.807) is 30.5 Å². The van der Waals surface area contributed by atoms with Gasteiger partial charge in [-0.15, -0.1) is 0 Å². The smallest absolute Gasteiger partial charge is 0.262 e. The summed E-state index contributed by atoms with van der Waals surface area (Å²) in [6.07, 6.45) is 1.66. The SMILES string of the molecule is C[C@@H]1[C@H](OC(C)(C)O)[C@@H](CN2CC(F)(F)CC23CCN(CCc2ccc(F)cc2)CC3)O[C@H]1c1ccc2c(N)ncnn12. The molecule has 3 aromatic rings. The molecule has 5 heterocycles. The van der Waals surface area contributed by atoms with E-state index in [-0.39, 0.29) is 31.2 Å². The highest BCUT2D eigenvalue weighted by Crippen LogP contribution is 2.48. The van der Waals surface area contributed by atoms with E-state index in [9.17, 15) is 9.50 Å². The van der Waals surface area contributed by atoms with Gasteiger partial charge in [0, 0.05) is 31.0 Å². The van der Waals surface area contributed by atoms with Crippen LogP contribution in [-0.2, 0) is 15.9 Å². The molecule has 9 nitrogen and oxygen atoms in total. The average Bonchev–Trinajstić information content (AvgIpc) is 3.57. The van der Waals surface area contributed by atoms with E-state index in [4.69, 9.17) is 15.2 Å². The van der Waals surface area contributed by atoms with Crippen molar-refractivity contribution in [3.8, 4) is 0 Å². The molecule has 1 aromatic carbocycles. The third-order valence-corrected chi connectivity index (χ3v) is 9.41. The lowest BCUT2D eigenvalue weighted by Gasteiger charge is -2.45. The maximum Gasteiger partial charge on any atom is 0.262 e. The molecule has 0 radical (unpaired) electrons. The minimum absolute atomic E-state index is 0.186. The number of alkyl halides is 2. The molecule has 234 valence electrons. The average molecular weight is 603 g/mol. The molecule has 0 unspecified atom stereocenters. The number of hydrogen-bond acceptors (Lipinski definition) is 8. The fourth-order valence-electron chi connectivity index (χ4n) is 7.29. The van der Waals surface area contributed by atoms with Crippen LogP contribution in [0.1, 0.15) is 57.4 Å². The summed E-state index contributed by atoms with van der Waals surface area (Å²) in [6.45, 7) is 7.25. The van der Waals surface area contributed by atoms with Gasteiger partial charge in [-0.2, -0.15) is 5.10 Å². The first-order valence-electron chi connectivity index (χ1n) is 15.1. The Labute approximate surface area is 249 Å². The van der Waals surface area contributed by atoms with Gasteiger partial charge in [-0.3, -0.25) is 4.90 Å². The number of halogens is 3. The van der Waals surface area contributed by atoms with E-state index < -0.39 is 35.6 Å². The highest BCUT2D eigenvalue weighted by Gasteiger charge is 2.57. The molecule has 4 atom stereocenters. The monoisotopic (exact) mass is 602 g/mol. The number of ether oxygens (including phenoxy) is 2. The number of hydrogen-bond donors (Lipinski definition) is 2. The van der Waals surface area contributed by atoms with Crippen LogP contribution in [0.3, 0.4) is 0 Å². The minimum atomic E-state index is -2.81. The first-order chi connectivity index (χ1) is 20.3.